The normalized spacial score (nSPS) is 33.6. The molecule has 0 spiro atoms. The summed E-state index contributed by atoms with van der Waals surface area (Å²) in [6.45, 7) is 3.81. The Labute approximate surface area is 102 Å². The summed E-state index contributed by atoms with van der Waals surface area (Å²) in [7, 11) is 0. The Balaban J connectivity index is 1.90. The first kappa shape index (κ1) is 12.4. The molecule has 0 aromatic rings. The molecule has 2 N–H and O–H groups in total. The number of fused-ring (bicyclic) bond motifs is 1. The summed E-state index contributed by atoms with van der Waals surface area (Å²) in [4.78, 5) is 23.1. The number of carbonyl (C=O) groups excluding carboxylic acids is 1. The number of carboxylic acid groups (broad SMARTS) is 1. The van der Waals surface area contributed by atoms with E-state index < -0.39 is 12.0 Å². The highest BCUT2D eigenvalue weighted by Gasteiger charge is 2.56. The molecule has 1 amide bonds. The van der Waals surface area contributed by atoms with Crippen LogP contribution in [-0.4, -0.2) is 23.0 Å². The third-order valence-electron chi connectivity index (χ3n) is 4.49. The van der Waals surface area contributed by atoms with E-state index in [0.29, 0.717) is 11.8 Å². The molecule has 0 radical (unpaired) electrons. The lowest BCUT2D eigenvalue weighted by molar-refractivity contribution is -0.143. The highest BCUT2D eigenvalue weighted by Crippen LogP contribution is 2.57. The maximum atomic E-state index is 12.0. The van der Waals surface area contributed by atoms with Gasteiger partial charge in [-0.1, -0.05) is 26.7 Å². The minimum atomic E-state index is -0.918. The van der Waals surface area contributed by atoms with Crippen molar-refractivity contribution in [3.63, 3.8) is 0 Å². The predicted molar refractivity (Wildman–Crippen MR) is 63.3 cm³/mol. The molecule has 2 aliphatic carbocycles. The topological polar surface area (TPSA) is 66.4 Å². The summed E-state index contributed by atoms with van der Waals surface area (Å²) in [6, 6.07) is -0.728. The monoisotopic (exact) mass is 239 g/mol. The number of rotatable bonds is 5. The molecule has 2 saturated carbocycles. The van der Waals surface area contributed by atoms with Gasteiger partial charge in [-0.05, 0) is 30.6 Å². The van der Waals surface area contributed by atoms with Crippen molar-refractivity contribution in [2.24, 2.45) is 23.7 Å². The highest BCUT2D eigenvalue weighted by molar-refractivity contribution is 5.87. The zero-order chi connectivity index (χ0) is 12.6. The van der Waals surface area contributed by atoms with Crippen molar-refractivity contribution >= 4 is 11.9 Å². The first-order valence-corrected chi connectivity index (χ1v) is 6.59. The first-order valence-electron chi connectivity index (χ1n) is 6.59. The van der Waals surface area contributed by atoms with E-state index in [4.69, 9.17) is 5.11 Å². The van der Waals surface area contributed by atoms with Crippen LogP contribution in [0, 0.1) is 23.7 Å². The van der Waals surface area contributed by atoms with Crippen molar-refractivity contribution in [1.82, 2.24) is 5.32 Å². The van der Waals surface area contributed by atoms with Gasteiger partial charge in [0.05, 0.1) is 0 Å². The molecular weight excluding hydrogens is 218 g/mol. The fourth-order valence-electron chi connectivity index (χ4n) is 3.14. The summed E-state index contributed by atoms with van der Waals surface area (Å²) in [6.07, 6.45) is 4.27. The predicted octanol–water partition coefficient (Wildman–Crippen LogP) is 1.65. The molecule has 4 heteroatoms. The van der Waals surface area contributed by atoms with Crippen molar-refractivity contribution in [3.05, 3.63) is 0 Å². The second kappa shape index (κ2) is 4.67. The molecule has 4 nitrogen and oxygen atoms in total. The van der Waals surface area contributed by atoms with E-state index in [1.165, 1.54) is 6.42 Å². The Hall–Kier alpha value is -1.06. The van der Waals surface area contributed by atoms with Crippen LogP contribution >= 0.6 is 0 Å². The molecule has 4 atom stereocenters. The third kappa shape index (κ3) is 2.31. The lowest BCUT2D eigenvalue weighted by Crippen LogP contribution is -2.46. The quantitative estimate of drug-likeness (QED) is 0.766. The van der Waals surface area contributed by atoms with Crippen LogP contribution in [0.15, 0.2) is 0 Å². The second-order valence-electron chi connectivity index (χ2n) is 5.49. The van der Waals surface area contributed by atoms with Gasteiger partial charge in [-0.15, -0.1) is 0 Å². The summed E-state index contributed by atoms with van der Waals surface area (Å²) >= 11 is 0. The molecule has 2 rings (SSSR count). The van der Waals surface area contributed by atoms with Crippen LogP contribution in [0.5, 0.6) is 0 Å². The third-order valence-corrected chi connectivity index (χ3v) is 4.49. The Morgan fingerprint density at radius 3 is 2.41 bits per heavy atom. The van der Waals surface area contributed by atoms with Crippen LogP contribution in [0.2, 0.25) is 0 Å². The van der Waals surface area contributed by atoms with Crippen molar-refractivity contribution in [3.8, 4) is 0 Å². The maximum Gasteiger partial charge on any atom is 0.326 e. The van der Waals surface area contributed by atoms with E-state index in [0.717, 1.165) is 19.3 Å². The summed E-state index contributed by atoms with van der Waals surface area (Å²) in [5.41, 5.74) is 0. The number of aliphatic carboxylic acids is 1. The van der Waals surface area contributed by atoms with E-state index in [1.54, 1.807) is 0 Å². The number of hydrogen-bond acceptors (Lipinski definition) is 2. The first-order chi connectivity index (χ1) is 8.06. The van der Waals surface area contributed by atoms with Gasteiger partial charge in [0.15, 0.2) is 0 Å². The van der Waals surface area contributed by atoms with Crippen LogP contribution in [0.4, 0.5) is 0 Å². The van der Waals surface area contributed by atoms with Gasteiger partial charge < -0.3 is 10.4 Å². The smallest absolute Gasteiger partial charge is 0.326 e. The lowest BCUT2D eigenvalue weighted by atomic mass is 9.98. The van der Waals surface area contributed by atoms with Gasteiger partial charge in [-0.3, -0.25) is 4.79 Å². The van der Waals surface area contributed by atoms with E-state index >= 15 is 0 Å². The van der Waals surface area contributed by atoms with E-state index in [9.17, 15) is 9.59 Å². The Kier molecular flexibility index (Phi) is 3.40. The largest absolute Gasteiger partial charge is 0.480 e. The van der Waals surface area contributed by atoms with E-state index in [-0.39, 0.29) is 17.7 Å². The molecule has 2 unspecified atom stereocenters. The number of amides is 1. The molecule has 0 heterocycles. The summed E-state index contributed by atoms with van der Waals surface area (Å²) in [5, 5.41) is 11.8. The lowest BCUT2D eigenvalue weighted by Gasteiger charge is -2.20. The zero-order valence-electron chi connectivity index (χ0n) is 10.5. The molecule has 17 heavy (non-hydrogen) atoms. The van der Waals surface area contributed by atoms with Crippen LogP contribution in [0.3, 0.4) is 0 Å². The van der Waals surface area contributed by atoms with E-state index in [1.807, 2.05) is 13.8 Å². The van der Waals surface area contributed by atoms with Crippen molar-refractivity contribution in [1.29, 1.82) is 0 Å². The molecule has 2 aliphatic rings. The SMILES string of the molecule is CC[C@H](C)[C@H](NC(=O)C1C2CCCC21)C(=O)O. The van der Waals surface area contributed by atoms with E-state index in [2.05, 4.69) is 5.32 Å². The minimum Gasteiger partial charge on any atom is -0.480 e. The van der Waals surface area contributed by atoms with Crippen LogP contribution in [0.1, 0.15) is 39.5 Å². The second-order valence-corrected chi connectivity index (χ2v) is 5.49. The van der Waals surface area contributed by atoms with Gasteiger partial charge >= 0.3 is 5.97 Å². The van der Waals surface area contributed by atoms with Crippen LogP contribution < -0.4 is 5.32 Å². The highest BCUT2D eigenvalue weighted by atomic mass is 16.4. The van der Waals surface area contributed by atoms with Crippen LogP contribution in [-0.2, 0) is 9.59 Å². The zero-order valence-corrected chi connectivity index (χ0v) is 10.5. The molecule has 0 aliphatic heterocycles. The van der Waals surface area contributed by atoms with Gasteiger partial charge in [-0.2, -0.15) is 0 Å². The minimum absolute atomic E-state index is 0.0185. The number of nitrogens with one attached hydrogen (secondary N) is 1. The van der Waals surface area contributed by atoms with Crippen LogP contribution in [0.25, 0.3) is 0 Å². The fraction of sp³-hybridized carbons (Fsp3) is 0.846. The van der Waals surface area contributed by atoms with Gasteiger partial charge in [0.25, 0.3) is 0 Å². The number of carbonyl (C=O) groups is 2. The molecule has 0 saturated heterocycles. The van der Waals surface area contributed by atoms with Gasteiger partial charge in [0.1, 0.15) is 6.04 Å². The molecule has 2 fully saturated rings. The average molecular weight is 239 g/mol. The molecule has 0 bridgehead atoms. The number of carboxylic acids is 1. The fourth-order valence-corrected chi connectivity index (χ4v) is 3.14. The molecular formula is C13H21NO3. The van der Waals surface area contributed by atoms with Gasteiger partial charge in [0, 0.05) is 5.92 Å². The maximum absolute atomic E-state index is 12.0. The molecule has 96 valence electrons. The standard InChI is InChI=1S/C13H21NO3/c1-3-7(2)11(13(16)17)14-12(15)10-8-5-4-6-9(8)10/h7-11H,3-6H2,1-2H3,(H,14,15)(H,16,17)/t7-,8?,9?,10?,11-/m0/s1. The number of hydrogen-bond donors (Lipinski definition) is 2. The molecule has 0 aromatic carbocycles. The summed E-state index contributed by atoms with van der Waals surface area (Å²) in [5.74, 6) is 0.221. The Morgan fingerprint density at radius 1 is 1.35 bits per heavy atom. The van der Waals surface area contributed by atoms with Crippen molar-refractivity contribution in [2.75, 3.05) is 0 Å². The van der Waals surface area contributed by atoms with Crippen molar-refractivity contribution in [2.45, 2.75) is 45.6 Å². The Bertz CT molecular complexity index is 319. The Morgan fingerprint density at radius 2 is 1.94 bits per heavy atom. The van der Waals surface area contributed by atoms with Gasteiger partial charge in [0.2, 0.25) is 5.91 Å². The van der Waals surface area contributed by atoms with Gasteiger partial charge in [-0.25, -0.2) is 4.79 Å². The van der Waals surface area contributed by atoms with Crippen molar-refractivity contribution < 1.29 is 14.7 Å². The summed E-state index contributed by atoms with van der Waals surface area (Å²) < 4.78 is 0. The average Bonchev–Trinajstić information content (AvgIpc) is 2.78. The molecule has 0 aromatic heterocycles.